The molecule has 5 aliphatic heterocycles. The van der Waals surface area contributed by atoms with Crippen LogP contribution in [0.2, 0.25) is 0 Å². The zero-order valence-electron chi connectivity index (χ0n) is 18.9. The van der Waals surface area contributed by atoms with Gasteiger partial charge in [0.05, 0.1) is 0 Å². The lowest BCUT2D eigenvalue weighted by atomic mass is 9.85. The molecule has 7 rings (SSSR count). The van der Waals surface area contributed by atoms with Crippen LogP contribution in [0.15, 0.2) is 21.9 Å². The van der Waals surface area contributed by atoms with Gasteiger partial charge < -0.3 is 9.80 Å². The number of ketones is 1. The second-order valence-electron chi connectivity index (χ2n) is 10.5. The monoisotopic (exact) mass is 432 g/mol. The van der Waals surface area contributed by atoms with Gasteiger partial charge in [0.1, 0.15) is 0 Å². The molecule has 0 radical (unpaired) electrons. The molecule has 2 aromatic carbocycles. The van der Waals surface area contributed by atoms with Crippen LogP contribution in [0.25, 0.3) is 0 Å². The average molecular weight is 433 g/mol. The summed E-state index contributed by atoms with van der Waals surface area (Å²) >= 11 is 0. The minimum Gasteiger partial charge on any atom is -0.371 e. The summed E-state index contributed by atoms with van der Waals surface area (Å²) < 4.78 is 0. The number of benzene rings is 2. The number of hydrogen-bond donors (Lipinski definition) is 0. The first kappa shape index (κ1) is 18.6. The fourth-order valence-electron chi connectivity index (χ4n) is 7.41. The Labute approximate surface area is 187 Å². The molecule has 0 saturated carbocycles. The first-order valence-electron chi connectivity index (χ1n) is 12.2. The van der Waals surface area contributed by atoms with Crippen LogP contribution in [0.1, 0.15) is 63.9 Å². The van der Waals surface area contributed by atoms with Crippen molar-refractivity contribution in [1.82, 2.24) is 0 Å². The van der Waals surface area contributed by atoms with Crippen LogP contribution >= 0.6 is 10.0 Å². The molecule has 2 aromatic rings. The predicted octanol–water partition coefficient (Wildman–Crippen LogP) is 5.11. The van der Waals surface area contributed by atoms with Crippen molar-refractivity contribution in [3.8, 4) is 0 Å². The topological polar surface area (TPSA) is 23.6 Å². The maximum atomic E-state index is 14.1. The van der Waals surface area contributed by atoms with Gasteiger partial charge in [0.15, 0.2) is 5.78 Å². The van der Waals surface area contributed by atoms with Gasteiger partial charge in [-0.3, -0.25) is 4.79 Å². The molecule has 31 heavy (non-hydrogen) atoms. The number of rotatable bonds is 0. The summed E-state index contributed by atoms with van der Waals surface area (Å²) in [7, 11) is -1.24. The van der Waals surface area contributed by atoms with Crippen molar-refractivity contribution in [3.63, 3.8) is 0 Å². The van der Waals surface area contributed by atoms with Crippen LogP contribution in [-0.2, 0) is 25.7 Å². The highest BCUT2D eigenvalue weighted by Crippen LogP contribution is 2.67. The number of fused-ring (bicyclic) bond motifs is 4. The molecule has 0 N–H and O–H groups in total. The van der Waals surface area contributed by atoms with Crippen molar-refractivity contribution < 1.29 is 4.79 Å². The zero-order chi connectivity index (χ0) is 20.9. The summed E-state index contributed by atoms with van der Waals surface area (Å²) in [6.45, 7) is 4.75. The van der Waals surface area contributed by atoms with Gasteiger partial charge in [-0.15, -0.1) is 0 Å². The molecule has 0 amide bonds. The Hall–Kier alpha value is -1.94. The van der Waals surface area contributed by atoms with Gasteiger partial charge in [0, 0.05) is 58.5 Å². The molecule has 0 unspecified atom stereocenters. The minimum absolute atomic E-state index is 0.320. The van der Waals surface area contributed by atoms with E-state index in [2.05, 4.69) is 34.4 Å². The van der Waals surface area contributed by atoms with Crippen LogP contribution in [-0.4, -0.2) is 44.5 Å². The third-order valence-electron chi connectivity index (χ3n) is 8.45. The van der Waals surface area contributed by atoms with Crippen LogP contribution in [0.4, 0.5) is 11.4 Å². The van der Waals surface area contributed by atoms with E-state index in [4.69, 9.17) is 0 Å². The van der Waals surface area contributed by atoms with E-state index in [9.17, 15) is 4.79 Å². The fourth-order valence-corrected chi connectivity index (χ4v) is 10.6. The Morgan fingerprint density at radius 1 is 0.677 bits per heavy atom. The van der Waals surface area contributed by atoms with Gasteiger partial charge in [-0.25, -0.2) is 0 Å². The standard InChI is InChI=1S/C27H32N2OS/c1-31(2)26-19-9-5-13-28-11-3-7-17(23(19)28)15-21(26)25(30)22-16-18-8-4-12-29-14-6-10-20(24(18)29)27(22)31/h15-16H,3-14H2,1-2H3. The van der Waals surface area contributed by atoms with Crippen LogP contribution in [0, 0.1) is 0 Å². The fraction of sp³-hybridized carbons (Fsp3) is 0.519. The Balaban J connectivity index is 1.54. The second-order valence-corrected chi connectivity index (χ2v) is 14.0. The van der Waals surface area contributed by atoms with Crippen molar-refractivity contribution in [2.75, 3.05) is 48.5 Å². The Kier molecular flexibility index (Phi) is 3.79. The number of aryl methyl sites for hydroxylation is 2. The van der Waals surface area contributed by atoms with E-state index in [1.165, 1.54) is 95.3 Å². The molecule has 162 valence electrons. The second kappa shape index (κ2) is 6.31. The lowest BCUT2D eigenvalue weighted by Gasteiger charge is -2.48. The van der Waals surface area contributed by atoms with Crippen LogP contribution in [0.5, 0.6) is 0 Å². The van der Waals surface area contributed by atoms with Gasteiger partial charge in [0.25, 0.3) is 0 Å². The molecule has 3 nitrogen and oxygen atoms in total. The normalized spacial score (nSPS) is 23.5. The van der Waals surface area contributed by atoms with E-state index < -0.39 is 10.0 Å². The Bertz CT molecular complexity index is 1070. The summed E-state index contributed by atoms with van der Waals surface area (Å²) in [4.78, 5) is 22.2. The Morgan fingerprint density at radius 2 is 1.10 bits per heavy atom. The molecule has 0 spiro atoms. The smallest absolute Gasteiger partial charge is 0.195 e. The highest BCUT2D eigenvalue weighted by atomic mass is 32.3. The number of nitrogens with zero attached hydrogens (tertiary/aromatic N) is 2. The third kappa shape index (κ3) is 2.35. The summed E-state index contributed by atoms with van der Waals surface area (Å²) in [5.74, 6) is 0.320. The summed E-state index contributed by atoms with van der Waals surface area (Å²) in [6, 6.07) is 4.64. The van der Waals surface area contributed by atoms with E-state index in [1.54, 1.807) is 0 Å². The summed E-state index contributed by atoms with van der Waals surface area (Å²) in [5, 5.41) is 0. The van der Waals surface area contributed by atoms with E-state index in [0.29, 0.717) is 5.78 Å². The number of carbonyl (C=O) groups is 1. The minimum atomic E-state index is -1.24. The van der Waals surface area contributed by atoms with Gasteiger partial charge in [0.2, 0.25) is 0 Å². The average Bonchev–Trinajstić information content (AvgIpc) is 2.78. The maximum Gasteiger partial charge on any atom is 0.195 e. The molecule has 5 aliphatic rings. The number of hydrogen-bond acceptors (Lipinski definition) is 3. The van der Waals surface area contributed by atoms with E-state index in [-0.39, 0.29) is 0 Å². The largest absolute Gasteiger partial charge is 0.371 e. The third-order valence-corrected chi connectivity index (χ3v) is 11.4. The van der Waals surface area contributed by atoms with Crippen molar-refractivity contribution in [2.24, 2.45) is 0 Å². The lowest BCUT2D eigenvalue weighted by Crippen LogP contribution is -2.37. The summed E-state index contributed by atoms with van der Waals surface area (Å²) in [6.07, 6.45) is 14.4. The first-order chi connectivity index (χ1) is 15.1. The van der Waals surface area contributed by atoms with Crippen molar-refractivity contribution >= 4 is 27.2 Å². The van der Waals surface area contributed by atoms with E-state index >= 15 is 0 Å². The zero-order valence-corrected chi connectivity index (χ0v) is 19.7. The van der Waals surface area contributed by atoms with E-state index in [1.807, 2.05) is 0 Å². The SMILES string of the molecule is CS1(C)c2c(cc3c4c2CCCN4CCC3)C(=O)c2cc3c4c(c21)CCCN4CCC3. The molecule has 0 saturated heterocycles. The summed E-state index contributed by atoms with van der Waals surface area (Å²) in [5.41, 5.74) is 11.1. The molecule has 0 aromatic heterocycles. The molecule has 0 aliphatic carbocycles. The Morgan fingerprint density at radius 3 is 1.55 bits per heavy atom. The molecule has 5 heterocycles. The molecular weight excluding hydrogens is 400 g/mol. The van der Waals surface area contributed by atoms with Gasteiger partial charge >= 0.3 is 0 Å². The predicted molar refractivity (Wildman–Crippen MR) is 130 cm³/mol. The maximum absolute atomic E-state index is 14.1. The number of anilines is 2. The number of carbonyl (C=O) groups excluding carboxylic acids is 1. The van der Waals surface area contributed by atoms with Gasteiger partial charge in [-0.1, -0.05) is 0 Å². The van der Waals surface area contributed by atoms with Crippen molar-refractivity contribution in [2.45, 2.75) is 61.2 Å². The quantitative estimate of drug-likeness (QED) is 0.578. The lowest BCUT2D eigenvalue weighted by molar-refractivity contribution is 0.103. The van der Waals surface area contributed by atoms with Crippen LogP contribution in [0.3, 0.4) is 0 Å². The van der Waals surface area contributed by atoms with Gasteiger partial charge in [-0.05, 0) is 98.3 Å². The first-order valence-corrected chi connectivity index (χ1v) is 14.7. The highest BCUT2D eigenvalue weighted by Gasteiger charge is 2.42. The van der Waals surface area contributed by atoms with Crippen molar-refractivity contribution in [1.29, 1.82) is 0 Å². The van der Waals surface area contributed by atoms with Crippen LogP contribution < -0.4 is 9.80 Å². The highest BCUT2D eigenvalue weighted by molar-refractivity contribution is 8.33. The molecule has 4 heteroatoms. The molecule has 0 fully saturated rings. The van der Waals surface area contributed by atoms with Crippen molar-refractivity contribution in [3.05, 3.63) is 45.5 Å². The van der Waals surface area contributed by atoms with E-state index in [0.717, 1.165) is 36.8 Å². The molecule has 0 bridgehead atoms. The van der Waals surface area contributed by atoms with Gasteiger partial charge in [-0.2, -0.15) is 10.0 Å². The molecular formula is C27H32N2OS. The molecule has 0 atom stereocenters.